The van der Waals surface area contributed by atoms with Gasteiger partial charge in [-0.2, -0.15) is 0 Å². The summed E-state index contributed by atoms with van der Waals surface area (Å²) in [6, 6.07) is 10.8. The van der Waals surface area contributed by atoms with Crippen LogP contribution in [-0.4, -0.2) is 28.4 Å². The van der Waals surface area contributed by atoms with E-state index in [1.165, 1.54) is 0 Å². The first-order chi connectivity index (χ1) is 9.81. The van der Waals surface area contributed by atoms with E-state index in [0.29, 0.717) is 24.2 Å². The van der Waals surface area contributed by atoms with Crippen molar-refractivity contribution in [3.05, 3.63) is 59.9 Å². The van der Waals surface area contributed by atoms with Crippen molar-refractivity contribution < 1.29 is 10.0 Å². The zero-order valence-electron chi connectivity index (χ0n) is 10.7. The number of rotatable bonds is 1. The van der Waals surface area contributed by atoms with Crippen molar-refractivity contribution in [2.24, 2.45) is 5.16 Å². The summed E-state index contributed by atoms with van der Waals surface area (Å²) in [5.74, 6) is -0.0724. The van der Waals surface area contributed by atoms with Crippen molar-refractivity contribution in [2.45, 2.75) is 6.42 Å². The highest BCUT2D eigenvalue weighted by Gasteiger charge is 2.26. The van der Waals surface area contributed by atoms with E-state index in [1.54, 1.807) is 29.4 Å². The predicted octanol–water partition coefficient (Wildman–Crippen LogP) is 2.31. The molecule has 0 aliphatic carbocycles. The molecule has 100 valence electrons. The number of nitrogens with zero attached hydrogens (tertiary/aromatic N) is 3. The molecular weight excluding hydrogens is 254 g/mol. The average Bonchev–Trinajstić information content (AvgIpc) is 2.54. The van der Waals surface area contributed by atoms with Gasteiger partial charge in [-0.25, -0.2) is 0 Å². The van der Waals surface area contributed by atoms with Crippen LogP contribution in [0.25, 0.3) is 0 Å². The van der Waals surface area contributed by atoms with Gasteiger partial charge in [0.15, 0.2) is 0 Å². The SMILES string of the molecule is O=C(c1ccncc1)N1CCC(=NO)c2ccccc21. The van der Waals surface area contributed by atoms with Crippen molar-refractivity contribution in [2.75, 3.05) is 11.4 Å². The molecule has 2 aromatic rings. The van der Waals surface area contributed by atoms with E-state index in [1.807, 2.05) is 24.3 Å². The first kappa shape index (κ1) is 12.3. The van der Waals surface area contributed by atoms with Crippen LogP contribution in [0.5, 0.6) is 0 Å². The largest absolute Gasteiger partial charge is 0.411 e. The molecule has 1 N–H and O–H groups in total. The molecule has 1 aromatic carbocycles. The molecule has 5 heteroatoms. The van der Waals surface area contributed by atoms with Gasteiger partial charge < -0.3 is 10.1 Å². The number of hydrogen-bond donors (Lipinski definition) is 1. The van der Waals surface area contributed by atoms with Crippen molar-refractivity contribution in [3.8, 4) is 0 Å². The lowest BCUT2D eigenvalue weighted by Gasteiger charge is -2.29. The standard InChI is InChI=1S/C15H13N3O2/c19-15(11-5-8-16-9-6-11)18-10-7-13(17-20)12-3-1-2-4-14(12)18/h1-6,8-9,20H,7,10H2. The minimum atomic E-state index is -0.0724. The van der Waals surface area contributed by atoms with Gasteiger partial charge in [-0.15, -0.1) is 0 Å². The van der Waals surface area contributed by atoms with E-state index in [9.17, 15) is 4.79 Å². The molecule has 0 radical (unpaired) electrons. The third kappa shape index (κ3) is 2.03. The molecule has 0 spiro atoms. The van der Waals surface area contributed by atoms with Crippen molar-refractivity contribution in [1.82, 2.24) is 4.98 Å². The van der Waals surface area contributed by atoms with E-state index in [4.69, 9.17) is 5.21 Å². The summed E-state index contributed by atoms with van der Waals surface area (Å²) in [6.07, 6.45) is 3.73. The summed E-state index contributed by atoms with van der Waals surface area (Å²) in [7, 11) is 0. The number of fused-ring (bicyclic) bond motifs is 1. The monoisotopic (exact) mass is 267 g/mol. The Bertz CT molecular complexity index is 668. The van der Waals surface area contributed by atoms with Gasteiger partial charge in [-0.3, -0.25) is 9.78 Å². The second-order valence-electron chi connectivity index (χ2n) is 4.51. The molecular formula is C15H13N3O2. The van der Waals surface area contributed by atoms with E-state index in [0.717, 1.165) is 11.3 Å². The summed E-state index contributed by atoms with van der Waals surface area (Å²) in [6.45, 7) is 0.498. The van der Waals surface area contributed by atoms with Gasteiger partial charge in [0.1, 0.15) is 0 Å². The molecule has 1 aromatic heterocycles. The molecule has 3 rings (SSSR count). The molecule has 0 fully saturated rings. The number of hydrogen-bond acceptors (Lipinski definition) is 4. The van der Waals surface area contributed by atoms with Gasteiger partial charge in [-0.05, 0) is 18.2 Å². The van der Waals surface area contributed by atoms with Crippen LogP contribution in [0.15, 0.2) is 53.9 Å². The predicted molar refractivity (Wildman–Crippen MR) is 75.3 cm³/mol. The smallest absolute Gasteiger partial charge is 0.258 e. The van der Waals surface area contributed by atoms with Crippen LogP contribution >= 0.6 is 0 Å². The van der Waals surface area contributed by atoms with Crippen molar-refractivity contribution >= 4 is 17.3 Å². The minimum absolute atomic E-state index is 0.0724. The van der Waals surface area contributed by atoms with Crippen molar-refractivity contribution in [3.63, 3.8) is 0 Å². The first-order valence-electron chi connectivity index (χ1n) is 6.33. The molecule has 0 unspecified atom stereocenters. The Labute approximate surface area is 116 Å². The van der Waals surface area contributed by atoms with E-state index in [2.05, 4.69) is 10.1 Å². The maximum atomic E-state index is 12.6. The average molecular weight is 267 g/mol. The highest BCUT2D eigenvalue weighted by molar-refractivity contribution is 6.14. The molecule has 1 aliphatic rings. The molecule has 20 heavy (non-hydrogen) atoms. The molecule has 1 amide bonds. The third-order valence-corrected chi connectivity index (χ3v) is 3.37. The van der Waals surface area contributed by atoms with Crippen LogP contribution < -0.4 is 4.90 Å². The summed E-state index contributed by atoms with van der Waals surface area (Å²) >= 11 is 0. The fourth-order valence-corrected chi connectivity index (χ4v) is 2.39. The van der Waals surface area contributed by atoms with Crippen LogP contribution in [0.3, 0.4) is 0 Å². The number of carbonyl (C=O) groups is 1. The maximum Gasteiger partial charge on any atom is 0.258 e. The number of aromatic nitrogens is 1. The summed E-state index contributed by atoms with van der Waals surface area (Å²) in [5, 5.41) is 12.4. The second-order valence-corrected chi connectivity index (χ2v) is 4.51. The van der Waals surface area contributed by atoms with Crippen LogP contribution in [0, 0.1) is 0 Å². The molecule has 0 atom stereocenters. The fourth-order valence-electron chi connectivity index (χ4n) is 2.39. The van der Waals surface area contributed by atoms with Gasteiger partial charge in [0.05, 0.1) is 11.4 Å². The lowest BCUT2D eigenvalue weighted by Crippen LogP contribution is -2.37. The Morgan fingerprint density at radius 3 is 2.70 bits per heavy atom. The van der Waals surface area contributed by atoms with Gasteiger partial charge in [0, 0.05) is 36.5 Å². The Morgan fingerprint density at radius 1 is 1.20 bits per heavy atom. The van der Waals surface area contributed by atoms with Gasteiger partial charge >= 0.3 is 0 Å². The molecule has 0 saturated carbocycles. The summed E-state index contributed by atoms with van der Waals surface area (Å²) in [5.41, 5.74) is 2.77. The quantitative estimate of drug-likeness (QED) is 0.637. The Kier molecular flexibility index (Phi) is 3.16. The molecule has 1 aliphatic heterocycles. The Balaban J connectivity index is 2.02. The fraction of sp³-hybridized carbons (Fsp3) is 0.133. The number of amides is 1. The number of oxime groups is 1. The molecule has 2 heterocycles. The number of anilines is 1. The topological polar surface area (TPSA) is 65.8 Å². The van der Waals surface area contributed by atoms with Crippen LogP contribution in [-0.2, 0) is 0 Å². The molecule has 5 nitrogen and oxygen atoms in total. The molecule has 0 bridgehead atoms. The highest BCUT2D eigenvalue weighted by Crippen LogP contribution is 2.28. The maximum absolute atomic E-state index is 12.6. The summed E-state index contributed by atoms with van der Waals surface area (Å²) in [4.78, 5) is 18.2. The molecule has 0 saturated heterocycles. The van der Waals surface area contributed by atoms with E-state index in [-0.39, 0.29) is 5.91 Å². The number of carbonyl (C=O) groups excluding carboxylic acids is 1. The first-order valence-corrected chi connectivity index (χ1v) is 6.33. The summed E-state index contributed by atoms with van der Waals surface area (Å²) < 4.78 is 0. The normalized spacial score (nSPS) is 16.0. The Hall–Kier alpha value is -2.69. The van der Waals surface area contributed by atoms with E-state index >= 15 is 0 Å². The van der Waals surface area contributed by atoms with Crippen LogP contribution in [0.4, 0.5) is 5.69 Å². The van der Waals surface area contributed by atoms with Gasteiger partial charge in [0.25, 0.3) is 5.91 Å². The lowest BCUT2D eigenvalue weighted by molar-refractivity contribution is 0.0987. The second kappa shape index (κ2) is 5.13. The van der Waals surface area contributed by atoms with Crippen molar-refractivity contribution in [1.29, 1.82) is 0 Å². The number of para-hydroxylation sites is 1. The van der Waals surface area contributed by atoms with Gasteiger partial charge in [-0.1, -0.05) is 23.4 Å². The third-order valence-electron chi connectivity index (χ3n) is 3.37. The van der Waals surface area contributed by atoms with Gasteiger partial charge in [0.2, 0.25) is 0 Å². The van der Waals surface area contributed by atoms with Crippen LogP contribution in [0.2, 0.25) is 0 Å². The zero-order chi connectivity index (χ0) is 13.9. The van der Waals surface area contributed by atoms with Crippen LogP contribution in [0.1, 0.15) is 22.3 Å². The number of pyridine rings is 1. The lowest BCUT2D eigenvalue weighted by atomic mass is 9.99. The Morgan fingerprint density at radius 2 is 1.95 bits per heavy atom. The highest BCUT2D eigenvalue weighted by atomic mass is 16.4. The zero-order valence-corrected chi connectivity index (χ0v) is 10.7. The minimum Gasteiger partial charge on any atom is -0.411 e. The number of benzene rings is 1. The van der Waals surface area contributed by atoms with E-state index < -0.39 is 0 Å².